The van der Waals surface area contributed by atoms with Gasteiger partial charge in [-0.1, -0.05) is 58.9 Å². The summed E-state index contributed by atoms with van der Waals surface area (Å²) < 4.78 is 0. The molecule has 3 atom stereocenters. The van der Waals surface area contributed by atoms with Crippen LogP contribution in [0.4, 0.5) is 0 Å². The average molecular weight is 356 g/mol. The highest BCUT2D eigenvalue weighted by Crippen LogP contribution is 2.76. The molecule has 3 aliphatic carbocycles. The first kappa shape index (κ1) is 17.1. The molecule has 0 saturated heterocycles. The van der Waals surface area contributed by atoms with Crippen LogP contribution in [-0.4, -0.2) is 0 Å². The van der Waals surface area contributed by atoms with Gasteiger partial charge in [0.15, 0.2) is 0 Å². The van der Waals surface area contributed by atoms with E-state index in [1.54, 1.807) is 16.7 Å². The van der Waals surface area contributed by atoms with Crippen LogP contribution in [0.5, 0.6) is 0 Å². The number of hydrogen-bond acceptors (Lipinski definition) is 1. The second-order valence-corrected chi connectivity index (χ2v) is 10.7. The second kappa shape index (κ2) is 5.05. The largest absolute Gasteiger partial charge is 0.192 e. The van der Waals surface area contributed by atoms with E-state index in [-0.39, 0.29) is 10.8 Å². The third-order valence-electron chi connectivity index (χ3n) is 8.04. The number of hydrogen-bond donors (Lipinski definition) is 0. The lowest BCUT2D eigenvalue weighted by molar-refractivity contribution is 0.328. The third-order valence-corrected chi connectivity index (χ3v) is 8.04. The van der Waals surface area contributed by atoms with Gasteiger partial charge in [0.1, 0.15) is 0 Å². The van der Waals surface area contributed by atoms with Crippen molar-refractivity contribution in [3.8, 4) is 6.07 Å². The monoisotopic (exact) mass is 355 g/mol. The Morgan fingerprint density at radius 2 is 1.59 bits per heavy atom. The summed E-state index contributed by atoms with van der Waals surface area (Å²) in [6, 6.07) is 15.8. The van der Waals surface area contributed by atoms with E-state index in [4.69, 9.17) is 0 Å². The zero-order valence-electron chi connectivity index (χ0n) is 17.2. The summed E-state index contributed by atoms with van der Waals surface area (Å²) in [7, 11) is 0. The first-order valence-corrected chi connectivity index (χ1v) is 10.4. The van der Waals surface area contributed by atoms with Crippen molar-refractivity contribution in [3.05, 3.63) is 69.8 Å². The Morgan fingerprint density at radius 1 is 0.889 bits per heavy atom. The number of rotatable bonds is 1. The Bertz CT molecular complexity index is 1000. The minimum atomic E-state index is 0.252. The van der Waals surface area contributed by atoms with Crippen molar-refractivity contribution < 1.29 is 0 Å². The SMILES string of the molecule is CC1(C)CCC(C)(C)c2c(C3C4c5ccc(C#N)cc5CC43C)cccc21. The van der Waals surface area contributed by atoms with Crippen LogP contribution >= 0.6 is 0 Å². The van der Waals surface area contributed by atoms with Crippen molar-refractivity contribution in [2.75, 3.05) is 0 Å². The molecule has 0 bridgehead atoms. The molecule has 0 radical (unpaired) electrons. The molecule has 2 aromatic rings. The smallest absolute Gasteiger partial charge is 0.0991 e. The van der Waals surface area contributed by atoms with Gasteiger partial charge < -0.3 is 0 Å². The highest BCUT2D eigenvalue weighted by Gasteiger charge is 2.66. The van der Waals surface area contributed by atoms with Gasteiger partial charge in [0.05, 0.1) is 11.6 Å². The summed E-state index contributed by atoms with van der Waals surface area (Å²) in [6.45, 7) is 12.2. The van der Waals surface area contributed by atoms with Crippen LogP contribution in [0.1, 0.15) is 92.7 Å². The Labute approximate surface area is 163 Å². The fraction of sp³-hybridized carbons (Fsp3) is 0.500. The average Bonchev–Trinajstić information content (AvgIpc) is 3.11. The molecule has 1 heteroatoms. The summed E-state index contributed by atoms with van der Waals surface area (Å²) in [5, 5.41) is 9.23. The number of fused-ring (bicyclic) bond motifs is 4. The van der Waals surface area contributed by atoms with Crippen LogP contribution in [0.3, 0.4) is 0 Å². The van der Waals surface area contributed by atoms with Crippen LogP contribution < -0.4 is 0 Å². The molecular weight excluding hydrogens is 326 g/mol. The van der Waals surface area contributed by atoms with Crippen molar-refractivity contribution in [2.45, 2.75) is 76.5 Å². The summed E-state index contributed by atoms with van der Waals surface area (Å²) in [5.41, 5.74) is 9.36. The number of nitriles is 1. The van der Waals surface area contributed by atoms with Crippen molar-refractivity contribution in [1.82, 2.24) is 0 Å². The minimum absolute atomic E-state index is 0.252. The maximum Gasteiger partial charge on any atom is 0.0991 e. The Kier molecular flexibility index (Phi) is 3.19. The standard InChI is InChI=1S/C26H29N/c1-24(2)11-12-25(3,4)21-19(7-6-8-20(21)24)23-22-18-10-9-16(15-27)13-17(18)14-26(22,23)5/h6-10,13,22-23H,11-12,14H2,1-5H3. The van der Waals surface area contributed by atoms with Crippen molar-refractivity contribution in [2.24, 2.45) is 5.41 Å². The molecule has 0 aromatic heterocycles. The van der Waals surface area contributed by atoms with Gasteiger partial charge in [-0.25, -0.2) is 0 Å². The van der Waals surface area contributed by atoms with Crippen LogP contribution in [-0.2, 0) is 17.3 Å². The van der Waals surface area contributed by atoms with Gasteiger partial charge in [-0.15, -0.1) is 0 Å². The van der Waals surface area contributed by atoms with Crippen LogP contribution in [0.15, 0.2) is 36.4 Å². The summed E-state index contributed by atoms with van der Waals surface area (Å²) in [5.74, 6) is 1.24. The van der Waals surface area contributed by atoms with Crippen molar-refractivity contribution in [3.63, 3.8) is 0 Å². The van der Waals surface area contributed by atoms with E-state index in [0.717, 1.165) is 12.0 Å². The molecule has 0 N–H and O–H groups in total. The maximum absolute atomic E-state index is 9.23. The van der Waals surface area contributed by atoms with Crippen LogP contribution in [0.25, 0.3) is 0 Å². The van der Waals surface area contributed by atoms with Crippen LogP contribution in [0, 0.1) is 16.7 Å². The van der Waals surface area contributed by atoms with Crippen LogP contribution in [0.2, 0.25) is 0 Å². The fourth-order valence-electron chi connectivity index (χ4n) is 6.43. The predicted molar refractivity (Wildman–Crippen MR) is 110 cm³/mol. The Balaban J connectivity index is 1.64. The molecule has 27 heavy (non-hydrogen) atoms. The molecule has 3 unspecified atom stereocenters. The van der Waals surface area contributed by atoms with E-state index in [1.807, 2.05) is 6.07 Å². The van der Waals surface area contributed by atoms with E-state index in [2.05, 4.69) is 71.0 Å². The van der Waals surface area contributed by atoms with E-state index in [9.17, 15) is 5.26 Å². The normalized spacial score (nSPS) is 31.4. The fourth-order valence-corrected chi connectivity index (χ4v) is 6.43. The molecule has 3 aliphatic rings. The maximum atomic E-state index is 9.23. The Hall–Kier alpha value is -2.07. The summed E-state index contributed by atoms with van der Waals surface area (Å²) >= 11 is 0. The van der Waals surface area contributed by atoms with E-state index in [1.165, 1.54) is 24.0 Å². The lowest BCUT2D eigenvalue weighted by Crippen LogP contribution is -2.35. The lowest BCUT2D eigenvalue weighted by Gasteiger charge is -2.43. The number of nitrogens with zero attached hydrogens (tertiary/aromatic N) is 1. The van der Waals surface area contributed by atoms with E-state index < -0.39 is 0 Å². The lowest BCUT2D eigenvalue weighted by atomic mass is 9.61. The molecule has 138 valence electrons. The molecule has 0 aliphatic heterocycles. The molecule has 5 rings (SSSR count). The van der Waals surface area contributed by atoms with Gasteiger partial charge in [-0.3, -0.25) is 0 Å². The summed E-state index contributed by atoms with van der Waals surface area (Å²) in [4.78, 5) is 0. The molecule has 0 spiro atoms. The van der Waals surface area contributed by atoms with Crippen molar-refractivity contribution in [1.29, 1.82) is 5.26 Å². The number of benzene rings is 2. The second-order valence-electron chi connectivity index (χ2n) is 10.7. The van der Waals surface area contributed by atoms with Gasteiger partial charge in [-0.05, 0) is 87.3 Å². The molecule has 1 nitrogen and oxygen atoms in total. The molecule has 0 amide bonds. The molecule has 0 heterocycles. The summed E-state index contributed by atoms with van der Waals surface area (Å²) in [6.07, 6.45) is 3.64. The zero-order valence-corrected chi connectivity index (χ0v) is 17.2. The molecule has 2 aromatic carbocycles. The molecule has 1 fully saturated rings. The molecule has 1 saturated carbocycles. The third kappa shape index (κ3) is 2.16. The topological polar surface area (TPSA) is 23.8 Å². The molecular formula is C26H29N. The van der Waals surface area contributed by atoms with E-state index >= 15 is 0 Å². The van der Waals surface area contributed by atoms with Gasteiger partial charge >= 0.3 is 0 Å². The van der Waals surface area contributed by atoms with Gasteiger partial charge in [-0.2, -0.15) is 5.26 Å². The minimum Gasteiger partial charge on any atom is -0.192 e. The van der Waals surface area contributed by atoms with E-state index in [0.29, 0.717) is 17.3 Å². The van der Waals surface area contributed by atoms with Crippen molar-refractivity contribution >= 4 is 0 Å². The first-order valence-electron chi connectivity index (χ1n) is 10.4. The van der Waals surface area contributed by atoms with Gasteiger partial charge in [0.2, 0.25) is 0 Å². The predicted octanol–water partition coefficient (Wildman–Crippen LogP) is 6.35. The Morgan fingerprint density at radius 3 is 2.33 bits per heavy atom. The highest BCUT2D eigenvalue weighted by atomic mass is 14.7. The van der Waals surface area contributed by atoms with Gasteiger partial charge in [0.25, 0.3) is 0 Å². The first-order chi connectivity index (χ1) is 12.7. The zero-order chi connectivity index (χ0) is 19.2. The van der Waals surface area contributed by atoms with Gasteiger partial charge in [0, 0.05) is 0 Å². The quantitative estimate of drug-likeness (QED) is 0.584. The highest BCUT2D eigenvalue weighted by molar-refractivity contribution is 5.59.